The Morgan fingerprint density at radius 1 is 1.21 bits per heavy atom. The highest BCUT2D eigenvalue weighted by Crippen LogP contribution is 2.39. The first-order chi connectivity index (χ1) is 11.7. The molecule has 1 fully saturated rings. The maximum Gasteiger partial charge on any atom is 0.264 e. The molecule has 1 amide bonds. The summed E-state index contributed by atoms with van der Waals surface area (Å²) in [6.07, 6.45) is 1.35. The normalized spacial score (nSPS) is 20.5. The summed E-state index contributed by atoms with van der Waals surface area (Å²) < 4.78 is 4.94. The largest absolute Gasteiger partial charge is 0.343 e. The van der Waals surface area contributed by atoms with E-state index in [1.54, 1.807) is 0 Å². The topological polar surface area (TPSA) is 59.2 Å². The number of carbonyl (C=O) groups is 1. The molecule has 0 N–H and O–H groups in total. The molecule has 5 nitrogen and oxygen atoms in total. The van der Waals surface area contributed by atoms with Gasteiger partial charge in [0, 0.05) is 24.9 Å². The molecule has 122 valence electrons. The first-order valence-electron chi connectivity index (χ1n) is 7.88. The number of nitrogens with zero attached hydrogens (tertiary/aromatic N) is 3. The second kappa shape index (κ2) is 6.20. The quantitative estimate of drug-likeness (QED) is 0.733. The molecule has 0 saturated carbocycles. The van der Waals surface area contributed by atoms with Crippen LogP contribution in [0.2, 0.25) is 0 Å². The zero-order chi connectivity index (χ0) is 16.5. The standard InChI is InChI=1S/C18H17N3O2S/c1-12-7-8-24-16(12)18(22)21-9-14(13-5-3-2-4-6-13)15(10-21)17-19-11-23-20-17/h2-8,11,14-15H,9-10H2,1H3/t14-,15+/m1/s1. The minimum absolute atomic E-state index is 0.0513. The molecule has 0 unspecified atom stereocenters. The summed E-state index contributed by atoms with van der Waals surface area (Å²) in [5.74, 6) is 0.986. The molecule has 0 radical (unpaired) electrons. The molecule has 0 spiro atoms. The number of likely N-dealkylation sites (tertiary alicyclic amines) is 1. The van der Waals surface area contributed by atoms with Gasteiger partial charge in [-0.05, 0) is 29.5 Å². The van der Waals surface area contributed by atoms with E-state index in [2.05, 4.69) is 22.3 Å². The average molecular weight is 339 g/mol. The summed E-state index contributed by atoms with van der Waals surface area (Å²) in [6, 6.07) is 12.2. The van der Waals surface area contributed by atoms with Gasteiger partial charge in [0.15, 0.2) is 5.82 Å². The van der Waals surface area contributed by atoms with Crippen molar-refractivity contribution in [3.63, 3.8) is 0 Å². The molecule has 1 aliphatic heterocycles. The Bertz CT molecular complexity index is 829. The predicted molar refractivity (Wildman–Crippen MR) is 91.2 cm³/mol. The van der Waals surface area contributed by atoms with Crippen molar-refractivity contribution >= 4 is 17.2 Å². The molecule has 1 aromatic carbocycles. The number of benzene rings is 1. The first kappa shape index (κ1) is 15.1. The highest BCUT2D eigenvalue weighted by Gasteiger charge is 2.39. The molecule has 2 aromatic heterocycles. The van der Waals surface area contributed by atoms with Crippen LogP contribution in [-0.4, -0.2) is 34.0 Å². The van der Waals surface area contributed by atoms with Gasteiger partial charge >= 0.3 is 0 Å². The molecule has 4 rings (SSSR count). The third kappa shape index (κ3) is 2.63. The fraction of sp³-hybridized carbons (Fsp3) is 0.278. The summed E-state index contributed by atoms with van der Waals surface area (Å²) in [7, 11) is 0. The van der Waals surface area contributed by atoms with E-state index >= 15 is 0 Å². The van der Waals surface area contributed by atoms with Crippen molar-refractivity contribution in [2.75, 3.05) is 13.1 Å². The van der Waals surface area contributed by atoms with Crippen molar-refractivity contribution in [1.82, 2.24) is 15.0 Å². The summed E-state index contributed by atoms with van der Waals surface area (Å²) in [4.78, 5) is 19.9. The van der Waals surface area contributed by atoms with Gasteiger partial charge in [0.2, 0.25) is 6.39 Å². The summed E-state index contributed by atoms with van der Waals surface area (Å²) in [5.41, 5.74) is 2.23. The molecule has 3 aromatic rings. The van der Waals surface area contributed by atoms with Gasteiger partial charge in [-0.3, -0.25) is 4.79 Å². The van der Waals surface area contributed by atoms with Crippen LogP contribution < -0.4 is 0 Å². The maximum atomic E-state index is 12.9. The molecule has 2 atom stereocenters. The number of hydrogen-bond donors (Lipinski definition) is 0. The highest BCUT2D eigenvalue weighted by molar-refractivity contribution is 7.12. The van der Waals surface area contributed by atoms with Gasteiger partial charge in [0.05, 0.1) is 4.88 Å². The Labute approximate surface area is 143 Å². The van der Waals surface area contributed by atoms with Gasteiger partial charge in [0.25, 0.3) is 5.91 Å². The molecule has 6 heteroatoms. The molecular formula is C18H17N3O2S. The van der Waals surface area contributed by atoms with Crippen LogP contribution in [0.3, 0.4) is 0 Å². The lowest BCUT2D eigenvalue weighted by molar-refractivity contribution is 0.0793. The Kier molecular flexibility index (Phi) is 3.90. The van der Waals surface area contributed by atoms with Crippen LogP contribution in [0.4, 0.5) is 0 Å². The number of aromatic nitrogens is 2. The molecule has 24 heavy (non-hydrogen) atoms. The number of hydrogen-bond acceptors (Lipinski definition) is 5. The van der Waals surface area contributed by atoms with E-state index < -0.39 is 0 Å². The van der Waals surface area contributed by atoms with Crippen molar-refractivity contribution in [3.05, 3.63) is 70.0 Å². The lowest BCUT2D eigenvalue weighted by Crippen LogP contribution is -2.28. The van der Waals surface area contributed by atoms with E-state index in [4.69, 9.17) is 4.52 Å². The van der Waals surface area contributed by atoms with Crippen molar-refractivity contribution in [2.45, 2.75) is 18.8 Å². The summed E-state index contributed by atoms with van der Waals surface area (Å²) in [5, 5.41) is 5.99. The lowest BCUT2D eigenvalue weighted by Gasteiger charge is -2.16. The Balaban J connectivity index is 1.66. The number of rotatable bonds is 3. The minimum Gasteiger partial charge on any atom is -0.343 e. The van der Waals surface area contributed by atoms with E-state index in [1.165, 1.54) is 23.3 Å². The van der Waals surface area contributed by atoms with Gasteiger partial charge in [0.1, 0.15) is 0 Å². The Hall–Kier alpha value is -2.47. The third-order valence-electron chi connectivity index (χ3n) is 4.60. The number of carbonyl (C=O) groups excluding carboxylic acids is 1. The minimum atomic E-state index is 0.0513. The number of aryl methyl sites for hydroxylation is 1. The van der Waals surface area contributed by atoms with E-state index in [-0.39, 0.29) is 17.7 Å². The average Bonchev–Trinajstić information content (AvgIpc) is 3.35. The molecule has 3 heterocycles. The summed E-state index contributed by atoms with van der Waals surface area (Å²) in [6.45, 7) is 3.25. The van der Waals surface area contributed by atoms with Gasteiger partial charge in [-0.15, -0.1) is 11.3 Å². The summed E-state index contributed by atoms with van der Waals surface area (Å²) >= 11 is 1.50. The fourth-order valence-electron chi connectivity index (χ4n) is 3.35. The molecular weight excluding hydrogens is 322 g/mol. The Morgan fingerprint density at radius 3 is 2.67 bits per heavy atom. The maximum absolute atomic E-state index is 12.9. The Morgan fingerprint density at radius 2 is 2.00 bits per heavy atom. The van der Waals surface area contributed by atoms with Crippen LogP contribution >= 0.6 is 11.3 Å². The van der Waals surface area contributed by atoms with Crippen LogP contribution in [0, 0.1) is 6.92 Å². The fourth-order valence-corrected chi connectivity index (χ4v) is 4.24. The van der Waals surface area contributed by atoms with Crippen LogP contribution in [0.1, 0.15) is 38.5 Å². The lowest BCUT2D eigenvalue weighted by atomic mass is 9.88. The number of thiophene rings is 1. The third-order valence-corrected chi connectivity index (χ3v) is 5.61. The predicted octanol–water partition coefficient (Wildman–Crippen LogP) is 3.46. The molecule has 0 aliphatic carbocycles. The van der Waals surface area contributed by atoms with Gasteiger partial charge < -0.3 is 9.42 Å². The first-order valence-corrected chi connectivity index (χ1v) is 8.76. The zero-order valence-corrected chi connectivity index (χ0v) is 14.1. The SMILES string of the molecule is Cc1ccsc1C(=O)N1C[C@H](c2ccccc2)[C@@H](c2ncon2)C1. The van der Waals surface area contributed by atoms with Gasteiger partial charge in [-0.2, -0.15) is 4.98 Å². The van der Waals surface area contributed by atoms with Gasteiger partial charge in [-0.1, -0.05) is 35.5 Å². The van der Waals surface area contributed by atoms with Crippen LogP contribution in [-0.2, 0) is 0 Å². The van der Waals surface area contributed by atoms with Crippen LogP contribution in [0.25, 0.3) is 0 Å². The second-order valence-corrected chi connectivity index (χ2v) is 6.97. The second-order valence-electron chi connectivity index (χ2n) is 6.06. The molecule has 1 saturated heterocycles. The van der Waals surface area contributed by atoms with E-state index in [0.29, 0.717) is 18.9 Å². The smallest absolute Gasteiger partial charge is 0.264 e. The molecule has 1 aliphatic rings. The van der Waals surface area contributed by atoms with E-state index in [9.17, 15) is 4.79 Å². The van der Waals surface area contributed by atoms with Gasteiger partial charge in [-0.25, -0.2) is 0 Å². The van der Waals surface area contributed by atoms with Crippen molar-refractivity contribution in [1.29, 1.82) is 0 Å². The highest BCUT2D eigenvalue weighted by atomic mass is 32.1. The van der Waals surface area contributed by atoms with Crippen molar-refractivity contribution < 1.29 is 9.32 Å². The van der Waals surface area contributed by atoms with Crippen LogP contribution in [0.15, 0.2) is 52.7 Å². The monoisotopic (exact) mass is 339 g/mol. The molecule has 0 bridgehead atoms. The zero-order valence-electron chi connectivity index (χ0n) is 13.3. The van der Waals surface area contributed by atoms with E-state index in [1.807, 2.05) is 41.5 Å². The van der Waals surface area contributed by atoms with E-state index in [0.717, 1.165) is 10.4 Å². The van der Waals surface area contributed by atoms with Crippen LogP contribution in [0.5, 0.6) is 0 Å². The number of amides is 1. The van der Waals surface area contributed by atoms with Crippen molar-refractivity contribution in [2.24, 2.45) is 0 Å². The van der Waals surface area contributed by atoms with Crippen molar-refractivity contribution in [3.8, 4) is 0 Å².